The van der Waals surface area contributed by atoms with Crippen LogP contribution in [0.15, 0.2) is 18.2 Å². The van der Waals surface area contributed by atoms with Gasteiger partial charge in [0, 0.05) is 32.7 Å². The summed E-state index contributed by atoms with van der Waals surface area (Å²) in [6, 6.07) is 4.67. The third-order valence-electron chi connectivity index (χ3n) is 4.65. The van der Waals surface area contributed by atoms with Crippen LogP contribution in [-0.4, -0.2) is 68.1 Å². The zero-order valence-electron chi connectivity index (χ0n) is 16.5. The number of nitrogens with two attached hydrogens (primary N) is 1. The highest BCUT2D eigenvalue weighted by atomic mass is 19.1. The molecule has 9 heteroatoms. The molecule has 3 rings (SSSR count). The van der Waals surface area contributed by atoms with E-state index in [1.54, 1.807) is 17.0 Å². The summed E-state index contributed by atoms with van der Waals surface area (Å²) in [4.78, 5) is 28.9. The summed E-state index contributed by atoms with van der Waals surface area (Å²) in [5.74, 6) is -0.424. The molecule has 0 aliphatic carbocycles. The Bertz CT molecular complexity index is 744. The average Bonchev–Trinajstić information content (AvgIpc) is 3.01. The largest absolute Gasteiger partial charge is 0.444 e. The van der Waals surface area contributed by atoms with Gasteiger partial charge in [0.15, 0.2) is 0 Å². The predicted octanol–water partition coefficient (Wildman–Crippen LogP) is 2.17. The number of amides is 2. The van der Waals surface area contributed by atoms with Crippen molar-refractivity contribution in [1.82, 2.24) is 4.90 Å². The first kappa shape index (κ1) is 20.2. The van der Waals surface area contributed by atoms with Crippen molar-refractivity contribution >= 4 is 23.6 Å². The van der Waals surface area contributed by atoms with E-state index in [-0.39, 0.29) is 18.7 Å². The summed E-state index contributed by atoms with van der Waals surface area (Å²) in [6.45, 7) is 7.90. The minimum atomic E-state index is -0.546. The fraction of sp³-hybridized carbons (Fsp3) is 0.579. The molecule has 1 aromatic rings. The van der Waals surface area contributed by atoms with Crippen molar-refractivity contribution < 1.29 is 23.5 Å². The zero-order valence-corrected chi connectivity index (χ0v) is 16.5. The molecule has 0 saturated carbocycles. The number of hydrogen-bond donors (Lipinski definition) is 1. The van der Waals surface area contributed by atoms with Gasteiger partial charge in [-0.25, -0.2) is 14.0 Å². The highest BCUT2D eigenvalue weighted by molar-refractivity contribution is 5.90. The molecule has 2 amide bonds. The van der Waals surface area contributed by atoms with Crippen LogP contribution in [0.25, 0.3) is 0 Å². The van der Waals surface area contributed by atoms with E-state index in [0.29, 0.717) is 44.1 Å². The van der Waals surface area contributed by atoms with Crippen molar-refractivity contribution in [3.05, 3.63) is 24.0 Å². The van der Waals surface area contributed by atoms with E-state index >= 15 is 0 Å². The molecule has 0 radical (unpaired) electrons. The lowest BCUT2D eigenvalue weighted by molar-refractivity contribution is 0.0240. The highest BCUT2D eigenvalue weighted by Crippen LogP contribution is 2.28. The first-order chi connectivity index (χ1) is 13.2. The van der Waals surface area contributed by atoms with Crippen molar-refractivity contribution in [1.29, 1.82) is 0 Å². The minimum absolute atomic E-state index is 0.227. The lowest BCUT2D eigenvalue weighted by Gasteiger charge is -2.37. The van der Waals surface area contributed by atoms with Crippen molar-refractivity contribution in [3.8, 4) is 0 Å². The van der Waals surface area contributed by atoms with E-state index in [1.807, 2.05) is 25.7 Å². The average molecular weight is 394 g/mol. The molecule has 1 atom stereocenters. The fourth-order valence-electron chi connectivity index (χ4n) is 3.23. The zero-order chi connectivity index (χ0) is 20.5. The van der Waals surface area contributed by atoms with Gasteiger partial charge in [-0.15, -0.1) is 0 Å². The van der Waals surface area contributed by atoms with E-state index in [4.69, 9.17) is 15.2 Å². The monoisotopic (exact) mass is 394 g/mol. The third-order valence-corrected chi connectivity index (χ3v) is 4.65. The normalized spacial score (nSPS) is 20.4. The van der Waals surface area contributed by atoms with E-state index in [9.17, 15) is 14.0 Å². The van der Waals surface area contributed by atoms with Crippen LogP contribution in [0.2, 0.25) is 0 Å². The molecule has 1 aromatic carbocycles. The lowest BCUT2D eigenvalue weighted by Crippen LogP contribution is -2.50. The van der Waals surface area contributed by atoms with Gasteiger partial charge in [-0.1, -0.05) is 0 Å². The van der Waals surface area contributed by atoms with Crippen molar-refractivity contribution in [2.24, 2.45) is 5.73 Å². The second-order valence-electron chi connectivity index (χ2n) is 7.94. The van der Waals surface area contributed by atoms with E-state index in [0.717, 1.165) is 0 Å². The maximum Gasteiger partial charge on any atom is 0.414 e. The molecule has 28 heavy (non-hydrogen) atoms. The third kappa shape index (κ3) is 4.46. The highest BCUT2D eigenvalue weighted by Gasteiger charge is 2.32. The molecular weight excluding hydrogens is 367 g/mol. The number of rotatable bonds is 3. The standard InChI is InChI=1S/C19H27FN4O4/c1-19(2,3)28-17(25)23-8-6-22(7-9-23)16-5-4-13(10-15(16)20)24-12-14(11-21)27-18(24)26/h4-5,10,14H,6-9,11-12,21H2,1-3H3/t14-/m1/s1. The molecule has 2 heterocycles. The van der Waals surface area contributed by atoms with Gasteiger partial charge in [-0.2, -0.15) is 0 Å². The molecular formula is C19H27FN4O4. The number of hydrogen-bond acceptors (Lipinski definition) is 6. The molecule has 0 unspecified atom stereocenters. The summed E-state index contributed by atoms with van der Waals surface area (Å²) < 4.78 is 25.2. The van der Waals surface area contributed by atoms with E-state index < -0.39 is 17.5 Å². The SMILES string of the molecule is CC(C)(C)OC(=O)N1CCN(c2ccc(N3C[C@@H](CN)OC3=O)cc2F)CC1. The van der Waals surface area contributed by atoms with Gasteiger partial charge < -0.3 is 25.0 Å². The Morgan fingerprint density at radius 2 is 1.96 bits per heavy atom. The van der Waals surface area contributed by atoms with E-state index in [1.165, 1.54) is 11.0 Å². The van der Waals surface area contributed by atoms with Gasteiger partial charge in [0.05, 0.1) is 17.9 Å². The Labute approximate surface area is 163 Å². The van der Waals surface area contributed by atoms with Crippen LogP contribution in [-0.2, 0) is 9.47 Å². The molecule has 2 fully saturated rings. The van der Waals surface area contributed by atoms with Crippen LogP contribution in [0.1, 0.15) is 20.8 Å². The number of piperazine rings is 1. The van der Waals surface area contributed by atoms with Crippen LogP contribution in [0.4, 0.5) is 25.4 Å². The molecule has 2 aliphatic heterocycles. The second-order valence-corrected chi connectivity index (χ2v) is 7.94. The molecule has 0 spiro atoms. The van der Waals surface area contributed by atoms with Gasteiger partial charge in [-0.05, 0) is 39.0 Å². The molecule has 154 valence electrons. The van der Waals surface area contributed by atoms with Crippen molar-refractivity contribution in [3.63, 3.8) is 0 Å². The minimum Gasteiger partial charge on any atom is -0.444 e. The summed E-state index contributed by atoms with van der Waals surface area (Å²) in [5, 5.41) is 0. The Hall–Kier alpha value is -2.55. The van der Waals surface area contributed by atoms with Gasteiger partial charge in [0.25, 0.3) is 0 Å². The molecule has 8 nitrogen and oxygen atoms in total. The Morgan fingerprint density at radius 1 is 1.29 bits per heavy atom. The number of carbonyl (C=O) groups excluding carboxylic acids is 2. The molecule has 2 saturated heterocycles. The second kappa shape index (κ2) is 7.83. The van der Waals surface area contributed by atoms with Crippen LogP contribution < -0.4 is 15.5 Å². The number of ether oxygens (including phenoxy) is 2. The summed E-state index contributed by atoms with van der Waals surface area (Å²) >= 11 is 0. The maximum atomic E-state index is 14.7. The first-order valence-corrected chi connectivity index (χ1v) is 9.38. The van der Waals surface area contributed by atoms with Crippen molar-refractivity contribution in [2.75, 3.05) is 49.1 Å². The van der Waals surface area contributed by atoms with Gasteiger partial charge >= 0.3 is 12.2 Å². The van der Waals surface area contributed by atoms with Crippen LogP contribution >= 0.6 is 0 Å². The molecule has 2 aliphatic rings. The fourth-order valence-corrected chi connectivity index (χ4v) is 3.23. The number of anilines is 2. The van der Waals surface area contributed by atoms with Crippen molar-refractivity contribution in [2.45, 2.75) is 32.5 Å². The van der Waals surface area contributed by atoms with Crippen LogP contribution in [0.3, 0.4) is 0 Å². The molecule has 0 aromatic heterocycles. The summed E-state index contributed by atoms with van der Waals surface area (Å²) in [6.07, 6.45) is -1.25. The lowest BCUT2D eigenvalue weighted by atomic mass is 10.2. The predicted molar refractivity (Wildman–Crippen MR) is 103 cm³/mol. The number of cyclic esters (lactones) is 1. The van der Waals surface area contributed by atoms with Crippen LogP contribution in [0, 0.1) is 5.82 Å². The quantitative estimate of drug-likeness (QED) is 0.845. The van der Waals surface area contributed by atoms with E-state index in [2.05, 4.69) is 0 Å². The maximum absolute atomic E-state index is 14.7. The smallest absolute Gasteiger partial charge is 0.414 e. The number of nitrogens with zero attached hydrogens (tertiary/aromatic N) is 3. The van der Waals surface area contributed by atoms with Gasteiger partial charge in [-0.3, -0.25) is 4.90 Å². The molecule has 0 bridgehead atoms. The number of halogens is 1. The number of benzene rings is 1. The van der Waals surface area contributed by atoms with Gasteiger partial charge in [0.2, 0.25) is 0 Å². The number of carbonyl (C=O) groups is 2. The Balaban J connectivity index is 1.63. The topological polar surface area (TPSA) is 88.3 Å². The first-order valence-electron chi connectivity index (χ1n) is 9.38. The molecule has 2 N–H and O–H groups in total. The Kier molecular flexibility index (Phi) is 5.64. The van der Waals surface area contributed by atoms with Crippen LogP contribution in [0.5, 0.6) is 0 Å². The Morgan fingerprint density at radius 3 is 2.50 bits per heavy atom. The summed E-state index contributed by atoms with van der Waals surface area (Å²) in [5.41, 5.74) is 5.87. The van der Waals surface area contributed by atoms with Gasteiger partial charge in [0.1, 0.15) is 17.5 Å². The summed E-state index contributed by atoms with van der Waals surface area (Å²) in [7, 11) is 0.